The minimum atomic E-state index is -1.33. The Morgan fingerprint density at radius 3 is 2.74 bits per heavy atom. The first-order chi connectivity index (χ1) is 12.9. The molecular formula is C19H34N2O5S. The van der Waals surface area contributed by atoms with Crippen LogP contribution in [0.1, 0.15) is 39.0 Å². The highest BCUT2D eigenvalue weighted by molar-refractivity contribution is 7.99. The van der Waals surface area contributed by atoms with Gasteiger partial charge in [0.05, 0.1) is 12.1 Å². The second kappa shape index (κ2) is 10.8. The molecule has 2 aliphatic heterocycles. The number of rotatable bonds is 8. The second-order valence-corrected chi connectivity index (χ2v) is 8.44. The fourth-order valence-corrected chi connectivity index (χ4v) is 4.68. The van der Waals surface area contributed by atoms with Gasteiger partial charge in [-0.2, -0.15) is 0 Å². The van der Waals surface area contributed by atoms with Crippen LogP contribution in [0, 0.1) is 5.92 Å². The number of aliphatic hydroxyl groups is 3. The van der Waals surface area contributed by atoms with Gasteiger partial charge in [0.2, 0.25) is 5.91 Å². The van der Waals surface area contributed by atoms with Crippen molar-refractivity contribution in [2.75, 3.05) is 12.8 Å². The average molecular weight is 403 g/mol. The minimum Gasteiger partial charge on any atom is -0.388 e. The molecule has 0 bridgehead atoms. The van der Waals surface area contributed by atoms with Gasteiger partial charge in [-0.25, -0.2) is 0 Å². The lowest BCUT2D eigenvalue weighted by Crippen LogP contribution is -2.63. The van der Waals surface area contributed by atoms with Crippen LogP contribution in [0.25, 0.3) is 0 Å². The molecule has 2 heterocycles. The molecule has 2 aliphatic rings. The Bertz CT molecular complexity index is 491. The van der Waals surface area contributed by atoms with E-state index in [-0.39, 0.29) is 11.9 Å². The number of hydrogen-bond acceptors (Lipinski definition) is 7. The first kappa shape index (κ1) is 22.6. The Morgan fingerprint density at radius 2 is 2.11 bits per heavy atom. The molecule has 0 radical (unpaired) electrons. The monoisotopic (exact) mass is 402 g/mol. The fraction of sp³-hybridized carbons (Fsp3) is 0.842. The summed E-state index contributed by atoms with van der Waals surface area (Å²) in [7, 11) is 0. The molecular weight excluding hydrogens is 368 g/mol. The maximum absolute atomic E-state index is 12.8. The highest BCUT2D eigenvalue weighted by Gasteiger charge is 2.46. The quantitative estimate of drug-likeness (QED) is 0.373. The van der Waals surface area contributed by atoms with E-state index in [4.69, 9.17) is 4.74 Å². The molecule has 7 nitrogen and oxygen atoms in total. The number of piperidine rings is 1. The number of carbonyl (C=O) groups excluding carboxylic acids is 1. The number of thioether (sulfide) groups is 1. The summed E-state index contributed by atoms with van der Waals surface area (Å²) in [6.07, 6.45) is 3.29. The van der Waals surface area contributed by atoms with Crippen molar-refractivity contribution in [2.45, 2.75) is 81.0 Å². The van der Waals surface area contributed by atoms with Crippen molar-refractivity contribution in [2.24, 2.45) is 5.92 Å². The summed E-state index contributed by atoms with van der Waals surface area (Å²) in [5.74, 6) is 0.416. The predicted molar refractivity (Wildman–Crippen MR) is 106 cm³/mol. The van der Waals surface area contributed by atoms with Crippen LogP contribution in [0.15, 0.2) is 12.7 Å². The van der Waals surface area contributed by atoms with Crippen molar-refractivity contribution in [3.05, 3.63) is 12.7 Å². The minimum absolute atomic E-state index is 0.125. The van der Waals surface area contributed by atoms with Crippen LogP contribution in [0.2, 0.25) is 0 Å². The summed E-state index contributed by atoms with van der Waals surface area (Å²) in [6, 6.07) is -0.801. The van der Waals surface area contributed by atoms with Gasteiger partial charge in [-0.3, -0.25) is 4.79 Å². The lowest BCUT2D eigenvalue weighted by Gasteiger charge is -2.43. The molecule has 5 N–H and O–H groups in total. The standard InChI is InChI=1S/C19H34N2O5S/c1-4-6-11-8-9-20-13(10-11)18(25)21-12(7-5-2)17-15(23)14(22)16(24)19(26-17)27-3/h5,11-17,19-20,22-24H,2,4,6-10H2,1,3H3,(H,21,25)/t11?,12?,13?,14-,15+,16+,17+,19+/m0/s1. The highest BCUT2D eigenvalue weighted by atomic mass is 32.2. The zero-order chi connectivity index (χ0) is 20.0. The average Bonchev–Trinajstić information content (AvgIpc) is 2.66. The van der Waals surface area contributed by atoms with Gasteiger partial charge >= 0.3 is 0 Å². The summed E-state index contributed by atoms with van der Waals surface area (Å²) in [6.45, 7) is 6.70. The van der Waals surface area contributed by atoms with Crippen molar-refractivity contribution in [3.63, 3.8) is 0 Å². The molecule has 3 unspecified atom stereocenters. The molecule has 156 valence electrons. The summed E-state index contributed by atoms with van der Waals surface area (Å²) >= 11 is 1.26. The van der Waals surface area contributed by atoms with Crippen LogP contribution >= 0.6 is 11.8 Å². The Balaban J connectivity index is 2.05. The third kappa shape index (κ3) is 5.68. The van der Waals surface area contributed by atoms with Gasteiger partial charge in [-0.05, 0) is 38.0 Å². The number of amides is 1. The van der Waals surface area contributed by atoms with Crippen molar-refractivity contribution in [1.29, 1.82) is 0 Å². The fourth-order valence-electron chi connectivity index (χ4n) is 4.01. The maximum Gasteiger partial charge on any atom is 0.237 e. The van der Waals surface area contributed by atoms with Gasteiger partial charge < -0.3 is 30.7 Å². The zero-order valence-electron chi connectivity index (χ0n) is 16.2. The van der Waals surface area contributed by atoms with E-state index in [0.29, 0.717) is 12.3 Å². The van der Waals surface area contributed by atoms with E-state index >= 15 is 0 Å². The molecule has 0 aromatic rings. The summed E-state index contributed by atoms with van der Waals surface area (Å²) < 4.78 is 5.81. The molecule has 27 heavy (non-hydrogen) atoms. The molecule has 2 saturated heterocycles. The van der Waals surface area contributed by atoms with Crippen molar-refractivity contribution in [1.82, 2.24) is 10.6 Å². The summed E-state index contributed by atoms with van der Waals surface area (Å²) in [4.78, 5) is 12.8. The van der Waals surface area contributed by atoms with E-state index in [2.05, 4.69) is 24.1 Å². The Morgan fingerprint density at radius 1 is 1.37 bits per heavy atom. The zero-order valence-corrected chi connectivity index (χ0v) is 17.0. The van der Waals surface area contributed by atoms with Gasteiger partial charge in [0.1, 0.15) is 29.9 Å². The van der Waals surface area contributed by atoms with Crippen LogP contribution in [0.5, 0.6) is 0 Å². The molecule has 0 aromatic carbocycles. The van der Waals surface area contributed by atoms with Crippen LogP contribution in [0.4, 0.5) is 0 Å². The number of hydrogen-bond donors (Lipinski definition) is 5. The Labute approximate surface area is 165 Å². The van der Waals surface area contributed by atoms with E-state index in [0.717, 1.165) is 32.2 Å². The van der Waals surface area contributed by atoms with E-state index in [1.807, 2.05) is 0 Å². The van der Waals surface area contributed by atoms with Crippen molar-refractivity contribution in [3.8, 4) is 0 Å². The molecule has 1 amide bonds. The van der Waals surface area contributed by atoms with E-state index < -0.39 is 35.9 Å². The molecule has 2 rings (SSSR count). The number of aliphatic hydroxyl groups excluding tert-OH is 3. The second-order valence-electron chi connectivity index (χ2n) is 7.50. The van der Waals surface area contributed by atoms with Crippen LogP contribution in [0.3, 0.4) is 0 Å². The van der Waals surface area contributed by atoms with Gasteiger partial charge in [0.15, 0.2) is 0 Å². The molecule has 0 saturated carbocycles. The summed E-state index contributed by atoms with van der Waals surface area (Å²) in [5.41, 5.74) is -0.667. The summed E-state index contributed by atoms with van der Waals surface area (Å²) in [5, 5.41) is 36.8. The lowest BCUT2D eigenvalue weighted by atomic mass is 9.88. The van der Waals surface area contributed by atoms with Crippen molar-refractivity contribution >= 4 is 17.7 Å². The van der Waals surface area contributed by atoms with Gasteiger partial charge in [-0.15, -0.1) is 18.3 Å². The lowest BCUT2D eigenvalue weighted by molar-refractivity contribution is -0.205. The van der Waals surface area contributed by atoms with Gasteiger partial charge in [-0.1, -0.05) is 25.8 Å². The third-order valence-electron chi connectivity index (χ3n) is 5.51. The largest absolute Gasteiger partial charge is 0.388 e. The SMILES string of the molecule is C=CCC(NC(=O)C1CC(CCC)CCN1)[C@H]1O[C@H](SC)[C@H](O)[C@@H](O)[C@H]1O. The molecule has 8 atom stereocenters. The van der Waals surface area contributed by atoms with E-state index in [1.165, 1.54) is 11.8 Å². The van der Waals surface area contributed by atoms with Gasteiger partial charge in [0, 0.05) is 0 Å². The van der Waals surface area contributed by atoms with Crippen LogP contribution in [-0.4, -0.2) is 76.0 Å². The predicted octanol–water partition coefficient (Wildman–Crippen LogP) is 0.386. The topological polar surface area (TPSA) is 111 Å². The molecule has 0 aliphatic carbocycles. The maximum atomic E-state index is 12.8. The number of carbonyl (C=O) groups is 1. The third-order valence-corrected chi connectivity index (χ3v) is 6.36. The van der Waals surface area contributed by atoms with E-state index in [9.17, 15) is 20.1 Å². The van der Waals surface area contributed by atoms with Gasteiger partial charge in [0.25, 0.3) is 0 Å². The highest BCUT2D eigenvalue weighted by Crippen LogP contribution is 2.29. The smallest absolute Gasteiger partial charge is 0.237 e. The molecule has 8 heteroatoms. The Hall–Kier alpha value is -0.640. The number of nitrogens with one attached hydrogen (secondary N) is 2. The number of ether oxygens (including phenoxy) is 1. The van der Waals surface area contributed by atoms with Crippen molar-refractivity contribution < 1.29 is 24.9 Å². The molecule has 0 spiro atoms. The van der Waals surface area contributed by atoms with Crippen LogP contribution in [-0.2, 0) is 9.53 Å². The first-order valence-electron chi connectivity index (χ1n) is 9.80. The molecule has 2 fully saturated rings. The molecule has 0 aromatic heterocycles. The van der Waals surface area contributed by atoms with E-state index in [1.54, 1.807) is 12.3 Å². The van der Waals surface area contributed by atoms with Crippen LogP contribution < -0.4 is 10.6 Å². The first-order valence-corrected chi connectivity index (χ1v) is 11.1. The normalized spacial score (nSPS) is 38.2. The Kier molecular flexibility index (Phi) is 9.04.